The number of aromatic nitrogens is 1. The summed E-state index contributed by atoms with van der Waals surface area (Å²) >= 11 is 0. The van der Waals surface area contributed by atoms with Crippen LogP contribution in [0.25, 0.3) is 0 Å². The van der Waals surface area contributed by atoms with Gasteiger partial charge in [0, 0.05) is 12.4 Å². The molecular formula is C13H13ClN2O2. The van der Waals surface area contributed by atoms with Crippen molar-refractivity contribution in [1.29, 1.82) is 0 Å². The van der Waals surface area contributed by atoms with Crippen LogP contribution in [0.15, 0.2) is 48.8 Å². The molecule has 18 heavy (non-hydrogen) atoms. The second-order valence-corrected chi connectivity index (χ2v) is 3.40. The van der Waals surface area contributed by atoms with Gasteiger partial charge in [-0.05, 0) is 24.3 Å². The molecule has 0 atom stereocenters. The van der Waals surface area contributed by atoms with Gasteiger partial charge in [0.1, 0.15) is 5.75 Å². The van der Waals surface area contributed by atoms with Crippen molar-refractivity contribution in [3.8, 4) is 5.75 Å². The van der Waals surface area contributed by atoms with Gasteiger partial charge in [0.15, 0.2) is 0 Å². The summed E-state index contributed by atoms with van der Waals surface area (Å²) in [5.74, 6) is 0.423. The topological polar surface area (TPSA) is 51.2 Å². The number of halogens is 1. The fraction of sp³-hybridized carbons (Fsp3) is 0.0769. The van der Waals surface area contributed by atoms with Gasteiger partial charge in [-0.15, -0.1) is 12.4 Å². The lowest BCUT2D eigenvalue weighted by molar-refractivity contribution is 0.102. The smallest absolute Gasteiger partial charge is 0.257 e. The van der Waals surface area contributed by atoms with Crippen molar-refractivity contribution in [2.75, 3.05) is 12.4 Å². The number of benzene rings is 1. The number of nitrogens with one attached hydrogen (secondary N) is 1. The first-order chi connectivity index (χ1) is 8.31. The molecule has 0 radical (unpaired) electrons. The molecule has 1 amide bonds. The number of hydrogen-bond acceptors (Lipinski definition) is 3. The highest BCUT2D eigenvalue weighted by Gasteiger charge is 2.08. The molecule has 0 bridgehead atoms. The number of ether oxygens (including phenoxy) is 1. The van der Waals surface area contributed by atoms with Crippen LogP contribution in [0.5, 0.6) is 5.75 Å². The predicted octanol–water partition coefficient (Wildman–Crippen LogP) is 2.76. The Balaban J connectivity index is 0.00000162. The Bertz CT molecular complexity index is 517. The van der Waals surface area contributed by atoms with Crippen molar-refractivity contribution in [3.63, 3.8) is 0 Å². The van der Waals surface area contributed by atoms with E-state index in [0.717, 1.165) is 0 Å². The summed E-state index contributed by atoms with van der Waals surface area (Å²) in [5, 5.41) is 2.77. The van der Waals surface area contributed by atoms with Gasteiger partial charge in [0.25, 0.3) is 5.91 Å². The van der Waals surface area contributed by atoms with Gasteiger partial charge in [0.2, 0.25) is 0 Å². The predicted molar refractivity (Wildman–Crippen MR) is 72.4 cm³/mol. The van der Waals surface area contributed by atoms with E-state index in [-0.39, 0.29) is 18.3 Å². The fourth-order valence-corrected chi connectivity index (χ4v) is 1.44. The molecule has 0 spiro atoms. The van der Waals surface area contributed by atoms with E-state index in [4.69, 9.17) is 4.74 Å². The van der Waals surface area contributed by atoms with Crippen molar-refractivity contribution in [3.05, 3.63) is 54.4 Å². The second kappa shape index (κ2) is 6.61. The third kappa shape index (κ3) is 3.21. The zero-order valence-corrected chi connectivity index (χ0v) is 10.6. The van der Waals surface area contributed by atoms with Gasteiger partial charge in [-0.25, -0.2) is 0 Å². The Morgan fingerprint density at radius 1 is 1.22 bits per heavy atom. The number of methoxy groups -OCH3 is 1. The minimum Gasteiger partial charge on any atom is -0.495 e. The molecule has 1 heterocycles. The summed E-state index contributed by atoms with van der Waals surface area (Å²) in [6.07, 6.45) is 3.14. The molecule has 94 valence electrons. The van der Waals surface area contributed by atoms with E-state index in [0.29, 0.717) is 17.0 Å². The maximum Gasteiger partial charge on any atom is 0.257 e. The number of nitrogens with zero attached hydrogens (tertiary/aromatic N) is 1. The minimum atomic E-state index is -0.206. The molecule has 0 unspecified atom stereocenters. The number of pyridine rings is 1. The third-order valence-electron chi connectivity index (χ3n) is 2.28. The minimum absolute atomic E-state index is 0. The van der Waals surface area contributed by atoms with Crippen molar-refractivity contribution >= 4 is 24.0 Å². The second-order valence-electron chi connectivity index (χ2n) is 3.40. The van der Waals surface area contributed by atoms with Crippen molar-refractivity contribution in [1.82, 2.24) is 4.98 Å². The quantitative estimate of drug-likeness (QED) is 0.927. The summed E-state index contributed by atoms with van der Waals surface area (Å²) in [6, 6.07) is 10.7. The number of para-hydroxylation sites is 2. The van der Waals surface area contributed by atoms with Crippen LogP contribution in [0.1, 0.15) is 10.4 Å². The summed E-state index contributed by atoms with van der Waals surface area (Å²) in [5.41, 5.74) is 1.15. The van der Waals surface area contributed by atoms with Crippen molar-refractivity contribution in [2.24, 2.45) is 0 Å². The fourth-order valence-electron chi connectivity index (χ4n) is 1.44. The summed E-state index contributed by atoms with van der Waals surface area (Å²) in [7, 11) is 1.56. The molecule has 2 rings (SSSR count). The third-order valence-corrected chi connectivity index (χ3v) is 2.28. The van der Waals surface area contributed by atoms with E-state index in [1.165, 1.54) is 6.20 Å². The summed E-state index contributed by atoms with van der Waals surface area (Å²) < 4.78 is 5.15. The van der Waals surface area contributed by atoms with E-state index < -0.39 is 0 Å². The monoisotopic (exact) mass is 264 g/mol. The normalized spacial score (nSPS) is 9.17. The van der Waals surface area contributed by atoms with E-state index in [2.05, 4.69) is 10.3 Å². The van der Waals surface area contributed by atoms with E-state index in [1.807, 2.05) is 12.1 Å². The molecule has 0 saturated heterocycles. The lowest BCUT2D eigenvalue weighted by Gasteiger charge is -2.09. The first-order valence-corrected chi connectivity index (χ1v) is 5.15. The highest BCUT2D eigenvalue weighted by molar-refractivity contribution is 6.04. The summed E-state index contributed by atoms with van der Waals surface area (Å²) in [4.78, 5) is 15.8. The van der Waals surface area contributed by atoms with Crippen LogP contribution < -0.4 is 10.1 Å². The van der Waals surface area contributed by atoms with Crippen LogP contribution in [0.3, 0.4) is 0 Å². The van der Waals surface area contributed by atoms with Crippen LogP contribution in [0.4, 0.5) is 5.69 Å². The van der Waals surface area contributed by atoms with Crippen molar-refractivity contribution in [2.45, 2.75) is 0 Å². The van der Waals surface area contributed by atoms with Crippen LogP contribution in [0, 0.1) is 0 Å². The van der Waals surface area contributed by atoms with Crippen LogP contribution in [-0.2, 0) is 0 Å². The Hall–Kier alpha value is -2.07. The van der Waals surface area contributed by atoms with Crippen molar-refractivity contribution < 1.29 is 9.53 Å². The largest absolute Gasteiger partial charge is 0.495 e. The SMILES string of the molecule is COc1ccccc1NC(=O)c1cccnc1.Cl. The number of carbonyl (C=O) groups excluding carboxylic acids is 1. The molecule has 0 fully saturated rings. The van der Waals surface area contributed by atoms with E-state index in [9.17, 15) is 4.79 Å². The molecule has 0 saturated carbocycles. The first kappa shape index (κ1) is 14.0. The number of carbonyl (C=O) groups is 1. The number of amides is 1. The average Bonchev–Trinajstić information content (AvgIpc) is 2.40. The summed E-state index contributed by atoms with van der Waals surface area (Å²) in [6.45, 7) is 0. The van der Waals surface area contributed by atoms with Crippen LogP contribution in [-0.4, -0.2) is 18.0 Å². The molecule has 0 aliphatic rings. The van der Waals surface area contributed by atoms with Gasteiger partial charge in [-0.1, -0.05) is 12.1 Å². The molecule has 1 aromatic heterocycles. The van der Waals surface area contributed by atoms with Gasteiger partial charge < -0.3 is 10.1 Å². The van der Waals surface area contributed by atoms with Gasteiger partial charge in [-0.3, -0.25) is 9.78 Å². The van der Waals surface area contributed by atoms with Gasteiger partial charge in [-0.2, -0.15) is 0 Å². The Morgan fingerprint density at radius 3 is 2.67 bits per heavy atom. The Kier molecular flexibility index (Phi) is 5.14. The maximum atomic E-state index is 11.9. The first-order valence-electron chi connectivity index (χ1n) is 5.15. The number of anilines is 1. The lowest BCUT2D eigenvalue weighted by atomic mass is 10.2. The zero-order valence-electron chi connectivity index (χ0n) is 9.79. The van der Waals surface area contributed by atoms with Crippen LogP contribution in [0.2, 0.25) is 0 Å². The zero-order chi connectivity index (χ0) is 12.1. The Labute approximate surface area is 111 Å². The average molecular weight is 265 g/mol. The van der Waals surface area contributed by atoms with Gasteiger partial charge in [0.05, 0.1) is 18.4 Å². The molecule has 5 heteroatoms. The Morgan fingerprint density at radius 2 is 2.00 bits per heavy atom. The maximum absolute atomic E-state index is 11.9. The molecule has 0 aliphatic carbocycles. The molecular weight excluding hydrogens is 252 g/mol. The van der Waals surface area contributed by atoms with E-state index in [1.54, 1.807) is 37.6 Å². The molecule has 1 N–H and O–H groups in total. The molecule has 0 aliphatic heterocycles. The molecule has 2 aromatic rings. The highest BCUT2D eigenvalue weighted by Crippen LogP contribution is 2.23. The van der Waals surface area contributed by atoms with E-state index >= 15 is 0 Å². The highest BCUT2D eigenvalue weighted by atomic mass is 35.5. The molecule has 1 aromatic carbocycles. The number of rotatable bonds is 3. The van der Waals surface area contributed by atoms with Crippen LogP contribution >= 0.6 is 12.4 Å². The van der Waals surface area contributed by atoms with Gasteiger partial charge >= 0.3 is 0 Å². The lowest BCUT2D eigenvalue weighted by Crippen LogP contribution is -2.12. The molecule has 4 nitrogen and oxygen atoms in total. The number of hydrogen-bond donors (Lipinski definition) is 1. The standard InChI is InChI=1S/C13H12N2O2.ClH/c1-17-12-7-3-2-6-11(12)15-13(16)10-5-4-8-14-9-10;/h2-9H,1H3,(H,15,16);1H.